The Bertz CT molecular complexity index is 943. The molecule has 0 unspecified atom stereocenters. The predicted octanol–water partition coefficient (Wildman–Crippen LogP) is 3.92. The Morgan fingerprint density at radius 1 is 1.13 bits per heavy atom. The quantitative estimate of drug-likeness (QED) is 0.374. The van der Waals surface area contributed by atoms with Crippen LogP contribution in [0.25, 0.3) is 0 Å². The molecule has 0 aliphatic heterocycles. The van der Waals surface area contributed by atoms with Gasteiger partial charge in [-0.15, -0.1) is 0 Å². The molecular weight excluding hydrogens is 392 g/mol. The first kappa shape index (κ1) is 22.7. The molecule has 0 aliphatic carbocycles. The molecule has 0 spiro atoms. The van der Waals surface area contributed by atoms with Crippen molar-refractivity contribution in [1.82, 2.24) is 0 Å². The largest absolute Gasteiger partial charge is 0.493 e. The zero-order valence-electron chi connectivity index (χ0n) is 17.3. The lowest BCUT2D eigenvalue weighted by molar-refractivity contribution is -0.385. The van der Waals surface area contributed by atoms with Crippen molar-refractivity contribution in [2.24, 2.45) is 0 Å². The van der Waals surface area contributed by atoms with Gasteiger partial charge in [-0.05, 0) is 24.0 Å². The number of amides is 1. The first-order valence-corrected chi connectivity index (χ1v) is 9.28. The number of hydrogen-bond donors (Lipinski definition) is 1. The molecule has 30 heavy (non-hydrogen) atoms. The first-order valence-electron chi connectivity index (χ1n) is 9.28. The Balaban J connectivity index is 2.14. The van der Waals surface area contributed by atoms with E-state index in [2.05, 4.69) is 5.32 Å². The SMILES string of the molecule is CC[C@@H](C)c1ccccc1NC(=O)COC(=O)c1cc(OC)c(OC)cc1[N+](=O)[O-]. The third-order valence-corrected chi connectivity index (χ3v) is 4.63. The van der Waals surface area contributed by atoms with Crippen LogP contribution in [0.15, 0.2) is 36.4 Å². The number of benzene rings is 2. The molecule has 0 heterocycles. The van der Waals surface area contributed by atoms with Crippen LogP contribution < -0.4 is 14.8 Å². The third-order valence-electron chi connectivity index (χ3n) is 4.63. The van der Waals surface area contributed by atoms with Crippen LogP contribution in [-0.4, -0.2) is 37.6 Å². The van der Waals surface area contributed by atoms with Crippen molar-refractivity contribution in [2.45, 2.75) is 26.2 Å². The van der Waals surface area contributed by atoms with Gasteiger partial charge in [-0.1, -0.05) is 32.0 Å². The number of hydrogen-bond acceptors (Lipinski definition) is 7. The predicted molar refractivity (Wildman–Crippen MR) is 110 cm³/mol. The maximum atomic E-state index is 12.4. The molecule has 1 amide bonds. The van der Waals surface area contributed by atoms with Gasteiger partial charge in [-0.2, -0.15) is 0 Å². The zero-order chi connectivity index (χ0) is 22.3. The van der Waals surface area contributed by atoms with E-state index in [9.17, 15) is 19.7 Å². The van der Waals surface area contributed by atoms with Crippen molar-refractivity contribution in [1.29, 1.82) is 0 Å². The van der Waals surface area contributed by atoms with Gasteiger partial charge in [0.25, 0.3) is 11.6 Å². The van der Waals surface area contributed by atoms with E-state index in [0.717, 1.165) is 24.1 Å². The summed E-state index contributed by atoms with van der Waals surface area (Å²) < 4.78 is 15.1. The van der Waals surface area contributed by atoms with Crippen molar-refractivity contribution in [3.8, 4) is 11.5 Å². The number of carbonyl (C=O) groups is 2. The van der Waals surface area contributed by atoms with E-state index in [1.165, 1.54) is 14.2 Å². The second-order valence-electron chi connectivity index (χ2n) is 6.50. The second kappa shape index (κ2) is 10.2. The van der Waals surface area contributed by atoms with Crippen molar-refractivity contribution in [3.63, 3.8) is 0 Å². The van der Waals surface area contributed by atoms with Gasteiger partial charge in [-0.3, -0.25) is 14.9 Å². The molecule has 0 aromatic heterocycles. The fraction of sp³-hybridized carbons (Fsp3) is 0.333. The number of nitrogens with zero attached hydrogens (tertiary/aromatic N) is 1. The molecule has 9 heteroatoms. The number of methoxy groups -OCH3 is 2. The number of carbonyl (C=O) groups excluding carboxylic acids is 2. The van der Waals surface area contributed by atoms with E-state index in [1.54, 1.807) is 12.1 Å². The Morgan fingerprint density at radius 2 is 1.77 bits per heavy atom. The second-order valence-corrected chi connectivity index (χ2v) is 6.50. The lowest BCUT2D eigenvalue weighted by Crippen LogP contribution is -2.22. The molecule has 160 valence electrons. The van der Waals surface area contributed by atoms with Crippen LogP contribution in [-0.2, 0) is 9.53 Å². The van der Waals surface area contributed by atoms with Gasteiger partial charge in [-0.25, -0.2) is 4.79 Å². The average molecular weight is 416 g/mol. The van der Waals surface area contributed by atoms with Crippen LogP contribution in [0, 0.1) is 10.1 Å². The highest BCUT2D eigenvalue weighted by molar-refractivity contribution is 5.98. The average Bonchev–Trinajstić information content (AvgIpc) is 2.76. The summed E-state index contributed by atoms with van der Waals surface area (Å²) in [6.07, 6.45) is 0.894. The van der Waals surface area contributed by atoms with E-state index in [-0.39, 0.29) is 23.0 Å². The third kappa shape index (κ3) is 5.25. The normalized spacial score (nSPS) is 11.3. The molecule has 0 bridgehead atoms. The number of anilines is 1. The summed E-state index contributed by atoms with van der Waals surface area (Å²) in [5.41, 5.74) is 0.742. The maximum Gasteiger partial charge on any atom is 0.345 e. The number of esters is 1. The van der Waals surface area contributed by atoms with Gasteiger partial charge in [0.05, 0.1) is 25.2 Å². The Kier molecular flexibility index (Phi) is 7.74. The van der Waals surface area contributed by atoms with Crippen LogP contribution in [0.3, 0.4) is 0 Å². The summed E-state index contributed by atoms with van der Waals surface area (Å²) in [6, 6.07) is 9.57. The number of ether oxygens (including phenoxy) is 3. The summed E-state index contributed by atoms with van der Waals surface area (Å²) >= 11 is 0. The number of nitro benzene ring substituents is 1. The lowest BCUT2D eigenvalue weighted by atomic mass is 9.97. The number of rotatable bonds is 9. The molecule has 2 aromatic carbocycles. The van der Waals surface area contributed by atoms with Crippen LogP contribution in [0.1, 0.15) is 42.1 Å². The fourth-order valence-electron chi connectivity index (χ4n) is 2.84. The van der Waals surface area contributed by atoms with Gasteiger partial charge >= 0.3 is 5.97 Å². The number of para-hydroxylation sites is 1. The minimum Gasteiger partial charge on any atom is -0.493 e. The molecule has 0 saturated heterocycles. The van der Waals surface area contributed by atoms with E-state index in [1.807, 2.05) is 26.0 Å². The molecule has 0 aliphatic rings. The van der Waals surface area contributed by atoms with Crippen LogP contribution >= 0.6 is 0 Å². The van der Waals surface area contributed by atoms with Crippen LogP contribution in [0.5, 0.6) is 11.5 Å². The summed E-state index contributed by atoms with van der Waals surface area (Å²) in [4.78, 5) is 35.3. The minimum atomic E-state index is -1.02. The van der Waals surface area contributed by atoms with E-state index >= 15 is 0 Å². The molecular formula is C21H24N2O7. The van der Waals surface area contributed by atoms with Gasteiger partial charge in [0.2, 0.25) is 0 Å². The highest BCUT2D eigenvalue weighted by atomic mass is 16.6. The lowest BCUT2D eigenvalue weighted by Gasteiger charge is -2.15. The number of nitro groups is 1. The Labute approximate surface area is 174 Å². The number of nitrogens with one attached hydrogen (secondary N) is 1. The summed E-state index contributed by atoms with van der Waals surface area (Å²) in [5.74, 6) is -1.11. The summed E-state index contributed by atoms with van der Waals surface area (Å²) in [5, 5.41) is 14.0. The smallest absolute Gasteiger partial charge is 0.345 e. The van der Waals surface area contributed by atoms with E-state index in [0.29, 0.717) is 5.69 Å². The topological polar surface area (TPSA) is 117 Å². The molecule has 9 nitrogen and oxygen atoms in total. The highest BCUT2D eigenvalue weighted by Crippen LogP contribution is 2.34. The standard InChI is InChI=1S/C21H24N2O7/c1-5-13(2)14-8-6-7-9-16(14)22-20(24)12-30-21(25)15-10-18(28-3)19(29-4)11-17(15)23(26)27/h6-11,13H,5,12H2,1-4H3,(H,22,24)/t13-/m1/s1. The molecule has 1 N–H and O–H groups in total. The van der Waals surface area contributed by atoms with E-state index in [4.69, 9.17) is 14.2 Å². The van der Waals surface area contributed by atoms with Gasteiger partial charge in [0.15, 0.2) is 18.1 Å². The fourth-order valence-corrected chi connectivity index (χ4v) is 2.84. The maximum absolute atomic E-state index is 12.4. The van der Waals surface area contributed by atoms with Crippen LogP contribution in [0.2, 0.25) is 0 Å². The van der Waals surface area contributed by atoms with Crippen molar-refractivity contribution < 1.29 is 28.7 Å². The van der Waals surface area contributed by atoms with Crippen molar-refractivity contribution in [2.75, 3.05) is 26.1 Å². The highest BCUT2D eigenvalue weighted by Gasteiger charge is 2.26. The van der Waals surface area contributed by atoms with Crippen molar-refractivity contribution in [3.05, 3.63) is 57.6 Å². The van der Waals surface area contributed by atoms with Crippen molar-refractivity contribution >= 4 is 23.3 Å². The van der Waals surface area contributed by atoms with E-state index < -0.39 is 29.1 Å². The zero-order valence-corrected chi connectivity index (χ0v) is 17.3. The monoisotopic (exact) mass is 416 g/mol. The Morgan fingerprint density at radius 3 is 2.37 bits per heavy atom. The molecule has 0 saturated carbocycles. The first-order chi connectivity index (χ1) is 14.3. The summed E-state index contributed by atoms with van der Waals surface area (Å²) in [7, 11) is 2.65. The molecule has 0 fully saturated rings. The summed E-state index contributed by atoms with van der Waals surface area (Å²) in [6.45, 7) is 3.49. The molecule has 1 atom stereocenters. The minimum absolute atomic E-state index is 0.0974. The Hall–Kier alpha value is -3.62. The van der Waals surface area contributed by atoms with Crippen LogP contribution in [0.4, 0.5) is 11.4 Å². The molecule has 2 rings (SSSR count). The van der Waals surface area contributed by atoms with Gasteiger partial charge < -0.3 is 19.5 Å². The van der Waals surface area contributed by atoms with Gasteiger partial charge in [0.1, 0.15) is 5.56 Å². The molecule has 0 radical (unpaired) electrons. The van der Waals surface area contributed by atoms with Gasteiger partial charge in [0, 0.05) is 11.8 Å². The molecule has 2 aromatic rings.